The van der Waals surface area contributed by atoms with Gasteiger partial charge in [0.05, 0.1) is 6.04 Å². The molecule has 0 spiro atoms. The quantitative estimate of drug-likeness (QED) is 0.230. The van der Waals surface area contributed by atoms with Crippen LogP contribution in [0.25, 0.3) is 10.9 Å². The lowest BCUT2D eigenvalue weighted by atomic mass is 10.0. The van der Waals surface area contributed by atoms with Gasteiger partial charge in [0.1, 0.15) is 18.1 Å². The van der Waals surface area contributed by atoms with Crippen molar-refractivity contribution in [1.29, 1.82) is 0 Å². The van der Waals surface area contributed by atoms with Crippen LogP contribution in [0.1, 0.15) is 45.1 Å². The van der Waals surface area contributed by atoms with Crippen molar-refractivity contribution in [3.63, 3.8) is 0 Å². The number of carboxylic acids is 2. The Balaban J connectivity index is 1.83. The minimum atomic E-state index is -1.45. The van der Waals surface area contributed by atoms with Crippen LogP contribution in [-0.4, -0.2) is 80.5 Å². The summed E-state index contributed by atoms with van der Waals surface area (Å²) in [5.41, 5.74) is 7.59. The summed E-state index contributed by atoms with van der Waals surface area (Å²) in [5.74, 6) is -4.34. The number of para-hydroxylation sites is 1. The topological polar surface area (TPSA) is 195 Å². The van der Waals surface area contributed by atoms with Gasteiger partial charge >= 0.3 is 11.9 Å². The summed E-state index contributed by atoms with van der Waals surface area (Å²) < 4.78 is 0. The molecule has 1 saturated heterocycles. The predicted molar refractivity (Wildman–Crippen MR) is 138 cm³/mol. The third-order valence-corrected chi connectivity index (χ3v) is 6.84. The van der Waals surface area contributed by atoms with Gasteiger partial charge < -0.3 is 36.5 Å². The average Bonchev–Trinajstić information content (AvgIpc) is 3.52. The zero-order chi connectivity index (χ0) is 28.0. The van der Waals surface area contributed by atoms with E-state index in [2.05, 4.69) is 15.6 Å². The monoisotopic (exact) mass is 529 g/mol. The Morgan fingerprint density at radius 2 is 1.82 bits per heavy atom. The van der Waals surface area contributed by atoms with Crippen LogP contribution in [0.15, 0.2) is 30.5 Å². The molecule has 3 rings (SSSR count). The van der Waals surface area contributed by atoms with Crippen LogP contribution in [-0.2, 0) is 30.4 Å². The molecule has 12 nitrogen and oxygen atoms in total. The number of hydrogen-bond donors (Lipinski definition) is 6. The highest BCUT2D eigenvalue weighted by Crippen LogP contribution is 2.22. The number of fused-ring (bicyclic) bond motifs is 1. The number of amides is 3. The maximum Gasteiger partial charge on any atom is 0.326 e. The molecule has 1 aromatic carbocycles. The van der Waals surface area contributed by atoms with E-state index in [1.165, 1.54) is 4.90 Å². The molecule has 2 heterocycles. The third-order valence-electron chi connectivity index (χ3n) is 6.84. The van der Waals surface area contributed by atoms with Crippen LogP contribution < -0.4 is 16.4 Å². The van der Waals surface area contributed by atoms with E-state index in [-0.39, 0.29) is 24.7 Å². The maximum absolute atomic E-state index is 13.4. The van der Waals surface area contributed by atoms with E-state index in [1.807, 2.05) is 38.1 Å². The second kappa shape index (κ2) is 12.5. The molecule has 0 radical (unpaired) electrons. The highest BCUT2D eigenvalue weighted by Gasteiger charge is 2.38. The lowest BCUT2D eigenvalue weighted by molar-refractivity contribution is -0.144. The molecule has 0 saturated carbocycles. The van der Waals surface area contributed by atoms with Crippen molar-refractivity contribution in [3.8, 4) is 0 Å². The number of aromatic nitrogens is 1. The maximum atomic E-state index is 13.4. The fraction of sp³-hybridized carbons (Fsp3) is 0.500. The molecule has 0 bridgehead atoms. The minimum Gasteiger partial charge on any atom is -0.481 e. The molecule has 1 aliphatic heterocycles. The molecular weight excluding hydrogens is 494 g/mol. The van der Waals surface area contributed by atoms with Gasteiger partial charge in [-0.15, -0.1) is 0 Å². The van der Waals surface area contributed by atoms with Crippen molar-refractivity contribution in [3.05, 3.63) is 36.0 Å². The van der Waals surface area contributed by atoms with Gasteiger partial charge in [-0.25, -0.2) is 4.79 Å². The van der Waals surface area contributed by atoms with Crippen LogP contribution >= 0.6 is 0 Å². The lowest BCUT2D eigenvalue weighted by Gasteiger charge is -2.29. The number of aromatic amines is 1. The normalized spacial score (nSPS) is 17.7. The molecule has 1 aliphatic rings. The van der Waals surface area contributed by atoms with Crippen LogP contribution in [0, 0.1) is 5.92 Å². The fourth-order valence-corrected chi connectivity index (χ4v) is 4.57. The van der Waals surface area contributed by atoms with Gasteiger partial charge in [0.2, 0.25) is 17.7 Å². The predicted octanol–water partition coefficient (Wildman–Crippen LogP) is 0.604. The van der Waals surface area contributed by atoms with Gasteiger partial charge in [0, 0.05) is 36.5 Å². The van der Waals surface area contributed by atoms with Crippen LogP contribution in [0.4, 0.5) is 0 Å². The first-order valence-corrected chi connectivity index (χ1v) is 12.7. The molecule has 4 atom stereocenters. The first-order chi connectivity index (χ1) is 18.0. The number of benzene rings is 1. The van der Waals surface area contributed by atoms with Gasteiger partial charge in [-0.1, -0.05) is 32.0 Å². The summed E-state index contributed by atoms with van der Waals surface area (Å²) in [7, 11) is 0. The average molecular weight is 530 g/mol. The summed E-state index contributed by atoms with van der Waals surface area (Å²) in [6, 6.07) is 3.20. The van der Waals surface area contributed by atoms with Crippen molar-refractivity contribution < 1.29 is 34.2 Å². The van der Waals surface area contributed by atoms with Gasteiger partial charge in [-0.05, 0) is 36.8 Å². The Bertz CT molecular complexity index is 1190. The molecule has 1 fully saturated rings. The van der Waals surface area contributed by atoms with Gasteiger partial charge in [-0.2, -0.15) is 0 Å². The van der Waals surface area contributed by atoms with Gasteiger partial charge in [-0.3, -0.25) is 19.2 Å². The number of carbonyl (C=O) groups excluding carboxylic acids is 3. The number of nitrogens with two attached hydrogens (primary N) is 1. The molecule has 1 aromatic heterocycles. The zero-order valence-electron chi connectivity index (χ0n) is 21.5. The number of aliphatic carboxylic acids is 2. The summed E-state index contributed by atoms with van der Waals surface area (Å²) in [4.78, 5) is 66.7. The Labute approximate surface area is 219 Å². The number of likely N-dealkylation sites (tertiary alicyclic amines) is 1. The molecule has 3 amide bonds. The fourth-order valence-electron chi connectivity index (χ4n) is 4.57. The third kappa shape index (κ3) is 6.88. The second-order valence-corrected chi connectivity index (χ2v) is 9.92. The summed E-state index contributed by atoms with van der Waals surface area (Å²) in [5, 5.41) is 24.4. The van der Waals surface area contributed by atoms with E-state index in [4.69, 9.17) is 10.8 Å². The zero-order valence-corrected chi connectivity index (χ0v) is 21.5. The molecular formula is C26H35N5O7. The van der Waals surface area contributed by atoms with E-state index in [0.29, 0.717) is 19.4 Å². The van der Waals surface area contributed by atoms with Crippen LogP contribution in [0.3, 0.4) is 0 Å². The molecule has 0 aliphatic carbocycles. The van der Waals surface area contributed by atoms with Crippen molar-refractivity contribution in [2.45, 2.75) is 70.1 Å². The standard InChI is InChI=1S/C26H35N5O7/c1-14(2)22(27)25(36)31-11-5-8-20(31)24(35)30-19(12-15-13-28-17-7-4-3-6-16(15)17)23(34)29-18(26(37)38)9-10-21(32)33/h3-4,6-7,13-14,18-20,22,28H,5,8-12,27H2,1-2H3,(H,29,34)(H,30,35)(H,32,33)(H,37,38). The number of carboxylic acid groups (broad SMARTS) is 2. The van der Waals surface area contributed by atoms with Crippen LogP contribution in [0.2, 0.25) is 0 Å². The number of nitrogens with one attached hydrogen (secondary N) is 3. The Morgan fingerprint density at radius 3 is 2.47 bits per heavy atom. The number of H-pyrrole nitrogens is 1. The molecule has 38 heavy (non-hydrogen) atoms. The van der Waals surface area contributed by atoms with Crippen molar-refractivity contribution >= 4 is 40.6 Å². The molecule has 4 unspecified atom stereocenters. The smallest absolute Gasteiger partial charge is 0.326 e. The Kier molecular flexibility index (Phi) is 9.45. The number of nitrogens with zero attached hydrogens (tertiary/aromatic N) is 1. The SMILES string of the molecule is CC(C)C(N)C(=O)N1CCCC1C(=O)NC(Cc1c[nH]c2ccccc12)C(=O)NC(CCC(=O)O)C(=O)O. The minimum absolute atomic E-state index is 0.0407. The highest BCUT2D eigenvalue weighted by molar-refractivity contribution is 5.95. The van der Waals surface area contributed by atoms with Gasteiger partial charge in [0.15, 0.2) is 0 Å². The Hall–Kier alpha value is -3.93. The summed E-state index contributed by atoms with van der Waals surface area (Å²) >= 11 is 0. The highest BCUT2D eigenvalue weighted by atomic mass is 16.4. The summed E-state index contributed by atoms with van der Waals surface area (Å²) in [6.45, 7) is 4.00. The molecule has 7 N–H and O–H groups in total. The van der Waals surface area contributed by atoms with E-state index in [1.54, 1.807) is 6.20 Å². The van der Waals surface area contributed by atoms with E-state index in [9.17, 15) is 29.1 Å². The Morgan fingerprint density at radius 1 is 1.11 bits per heavy atom. The van der Waals surface area contributed by atoms with Gasteiger partial charge in [0.25, 0.3) is 0 Å². The molecule has 12 heteroatoms. The molecule has 206 valence electrons. The van der Waals surface area contributed by atoms with E-state index >= 15 is 0 Å². The summed E-state index contributed by atoms with van der Waals surface area (Å²) in [6.07, 6.45) is 1.99. The van der Waals surface area contributed by atoms with E-state index < -0.39 is 54.3 Å². The number of hydrogen-bond acceptors (Lipinski definition) is 6. The van der Waals surface area contributed by atoms with Crippen molar-refractivity contribution in [2.75, 3.05) is 6.54 Å². The number of carbonyl (C=O) groups is 5. The number of rotatable bonds is 12. The van der Waals surface area contributed by atoms with Crippen molar-refractivity contribution in [2.24, 2.45) is 11.7 Å². The second-order valence-electron chi connectivity index (χ2n) is 9.92. The lowest BCUT2D eigenvalue weighted by Crippen LogP contribution is -2.57. The first kappa shape index (κ1) is 28.6. The van der Waals surface area contributed by atoms with E-state index in [0.717, 1.165) is 16.5 Å². The largest absolute Gasteiger partial charge is 0.481 e. The first-order valence-electron chi connectivity index (χ1n) is 12.7. The van der Waals surface area contributed by atoms with Crippen molar-refractivity contribution in [1.82, 2.24) is 20.5 Å². The van der Waals surface area contributed by atoms with Crippen LogP contribution in [0.5, 0.6) is 0 Å². The molecule has 2 aromatic rings.